The van der Waals surface area contributed by atoms with Crippen LogP contribution in [0.1, 0.15) is 30.6 Å². The van der Waals surface area contributed by atoms with Crippen LogP contribution < -0.4 is 4.72 Å². The Morgan fingerprint density at radius 1 is 1.11 bits per heavy atom. The van der Waals surface area contributed by atoms with Crippen LogP contribution in [0.5, 0.6) is 0 Å². The standard InChI is InChI=1S/C19H24N2O5S/c1-16(17-8-3-2-4-9-17)26-14-7-13-20-27(24,25)15-12-18-10-5-6-11-19(18)21(22)23/h2-6,8-11,16,20H,7,12-15H2,1H3/t16-/m0/s1. The molecule has 1 N–H and O–H groups in total. The molecule has 0 aromatic heterocycles. The summed E-state index contributed by atoms with van der Waals surface area (Å²) in [5.41, 5.74) is 1.42. The van der Waals surface area contributed by atoms with Gasteiger partial charge in [0.1, 0.15) is 0 Å². The SMILES string of the molecule is C[C@H](OCCCNS(=O)(=O)CCc1ccccc1[N+](=O)[O-])c1ccccc1. The zero-order valence-electron chi connectivity index (χ0n) is 15.2. The summed E-state index contributed by atoms with van der Waals surface area (Å²) in [6.07, 6.45) is 0.581. The van der Waals surface area contributed by atoms with Crippen LogP contribution in [-0.4, -0.2) is 32.2 Å². The number of aryl methyl sites for hydroxylation is 1. The van der Waals surface area contributed by atoms with Crippen LogP contribution in [0.15, 0.2) is 54.6 Å². The number of hydrogen-bond donors (Lipinski definition) is 1. The molecule has 0 saturated heterocycles. The lowest BCUT2D eigenvalue weighted by Gasteiger charge is -2.13. The van der Waals surface area contributed by atoms with Crippen molar-refractivity contribution in [3.8, 4) is 0 Å². The van der Waals surface area contributed by atoms with Crippen LogP contribution in [-0.2, 0) is 21.2 Å². The number of rotatable bonds is 11. The zero-order valence-corrected chi connectivity index (χ0v) is 16.0. The second kappa shape index (κ2) is 10.1. The summed E-state index contributed by atoms with van der Waals surface area (Å²) in [6.45, 7) is 2.65. The Balaban J connectivity index is 1.72. The van der Waals surface area contributed by atoms with E-state index in [0.717, 1.165) is 5.56 Å². The van der Waals surface area contributed by atoms with E-state index >= 15 is 0 Å². The number of sulfonamides is 1. The molecule has 0 radical (unpaired) electrons. The molecule has 2 aromatic carbocycles. The van der Waals surface area contributed by atoms with Gasteiger partial charge in [0.2, 0.25) is 10.0 Å². The Labute approximate surface area is 159 Å². The molecule has 0 aliphatic carbocycles. The van der Waals surface area contributed by atoms with Crippen molar-refractivity contribution in [2.24, 2.45) is 0 Å². The van der Waals surface area contributed by atoms with Crippen molar-refractivity contribution >= 4 is 15.7 Å². The molecule has 0 aliphatic rings. The Morgan fingerprint density at radius 3 is 2.48 bits per heavy atom. The maximum Gasteiger partial charge on any atom is 0.272 e. The Morgan fingerprint density at radius 2 is 1.78 bits per heavy atom. The molecule has 146 valence electrons. The summed E-state index contributed by atoms with van der Waals surface area (Å²) in [7, 11) is -3.50. The third-order valence-corrected chi connectivity index (χ3v) is 5.49. The average Bonchev–Trinajstić information content (AvgIpc) is 2.67. The molecule has 0 bridgehead atoms. The van der Waals surface area contributed by atoms with Gasteiger partial charge in [0.05, 0.1) is 16.8 Å². The number of benzene rings is 2. The molecule has 27 heavy (non-hydrogen) atoms. The van der Waals surface area contributed by atoms with Gasteiger partial charge in [-0.15, -0.1) is 0 Å². The third-order valence-electron chi connectivity index (χ3n) is 4.11. The fourth-order valence-electron chi connectivity index (χ4n) is 2.60. The lowest BCUT2D eigenvalue weighted by atomic mass is 10.1. The lowest BCUT2D eigenvalue weighted by molar-refractivity contribution is -0.385. The molecule has 0 saturated carbocycles. The summed E-state index contributed by atoms with van der Waals surface area (Å²) < 4.78 is 32.4. The van der Waals surface area contributed by atoms with Crippen molar-refractivity contribution in [3.63, 3.8) is 0 Å². The Hall–Kier alpha value is -2.29. The minimum absolute atomic E-state index is 0.0542. The predicted molar refractivity (Wildman–Crippen MR) is 104 cm³/mol. The van der Waals surface area contributed by atoms with E-state index in [2.05, 4.69) is 4.72 Å². The molecule has 0 aliphatic heterocycles. The fraction of sp³-hybridized carbons (Fsp3) is 0.368. The van der Waals surface area contributed by atoms with Crippen molar-refractivity contribution in [1.29, 1.82) is 0 Å². The van der Waals surface area contributed by atoms with E-state index in [9.17, 15) is 18.5 Å². The van der Waals surface area contributed by atoms with Gasteiger partial charge < -0.3 is 4.74 Å². The van der Waals surface area contributed by atoms with E-state index in [0.29, 0.717) is 18.6 Å². The molecule has 0 unspecified atom stereocenters. The highest BCUT2D eigenvalue weighted by Gasteiger charge is 2.16. The van der Waals surface area contributed by atoms with Gasteiger partial charge in [-0.3, -0.25) is 10.1 Å². The Kier molecular flexibility index (Phi) is 7.90. The monoisotopic (exact) mass is 392 g/mol. The molecule has 1 atom stereocenters. The molecule has 0 heterocycles. The van der Waals surface area contributed by atoms with Crippen LogP contribution >= 0.6 is 0 Å². The maximum absolute atomic E-state index is 12.1. The van der Waals surface area contributed by atoms with Gasteiger partial charge in [-0.05, 0) is 25.3 Å². The molecule has 0 spiro atoms. The molecule has 0 fully saturated rings. The van der Waals surface area contributed by atoms with Crippen LogP contribution in [0, 0.1) is 10.1 Å². The van der Waals surface area contributed by atoms with E-state index in [1.54, 1.807) is 18.2 Å². The number of nitrogens with zero attached hydrogens (tertiary/aromatic N) is 1. The lowest BCUT2D eigenvalue weighted by Crippen LogP contribution is -2.29. The summed E-state index contributed by atoms with van der Waals surface area (Å²) in [5.74, 6) is -0.195. The molecule has 2 rings (SSSR count). The normalized spacial score (nSPS) is 12.6. The van der Waals surface area contributed by atoms with Gasteiger partial charge in [0, 0.05) is 24.8 Å². The molecule has 2 aromatic rings. The second-order valence-electron chi connectivity index (χ2n) is 6.13. The first-order valence-corrected chi connectivity index (χ1v) is 10.4. The highest BCUT2D eigenvalue weighted by molar-refractivity contribution is 7.89. The summed E-state index contributed by atoms with van der Waals surface area (Å²) in [4.78, 5) is 10.5. The summed E-state index contributed by atoms with van der Waals surface area (Å²) in [6, 6.07) is 16.0. The van der Waals surface area contributed by atoms with E-state index in [4.69, 9.17) is 4.74 Å². The zero-order chi connectivity index (χ0) is 19.7. The van der Waals surface area contributed by atoms with Gasteiger partial charge in [0.15, 0.2) is 0 Å². The average molecular weight is 392 g/mol. The number of nitrogens with one attached hydrogen (secondary N) is 1. The molecule has 7 nitrogen and oxygen atoms in total. The van der Waals surface area contributed by atoms with Gasteiger partial charge in [0.25, 0.3) is 5.69 Å². The number of nitro benzene ring substituents is 1. The topological polar surface area (TPSA) is 98.5 Å². The first kappa shape index (κ1) is 21.0. The largest absolute Gasteiger partial charge is 0.374 e. The van der Waals surface area contributed by atoms with Crippen LogP contribution in [0.2, 0.25) is 0 Å². The van der Waals surface area contributed by atoms with Gasteiger partial charge in [-0.1, -0.05) is 48.5 Å². The van der Waals surface area contributed by atoms with Crippen LogP contribution in [0.25, 0.3) is 0 Å². The first-order valence-electron chi connectivity index (χ1n) is 8.75. The number of ether oxygens (including phenoxy) is 1. The van der Waals surface area contributed by atoms with Crippen molar-refractivity contribution in [1.82, 2.24) is 4.72 Å². The smallest absolute Gasteiger partial charge is 0.272 e. The van der Waals surface area contributed by atoms with E-state index in [-0.39, 0.29) is 30.5 Å². The van der Waals surface area contributed by atoms with Gasteiger partial charge in [-0.25, -0.2) is 13.1 Å². The van der Waals surface area contributed by atoms with Gasteiger partial charge >= 0.3 is 0 Å². The fourth-order valence-corrected chi connectivity index (χ4v) is 3.69. The van der Waals surface area contributed by atoms with E-state index in [1.807, 2.05) is 37.3 Å². The summed E-state index contributed by atoms with van der Waals surface area (Å²) >= 11 is 0. The second-order valence-corrected chi connectivity index (χ2v) is 8.05. The van der Waals surface area contributed by atoms with E-state index in [1.165, 1.54) is 6.07 Å². The Bertz CT molecular complexity index is 840. The maximum atomic E-state index is 12.1. The minimum atomic E-state index is -3.50. The van der Waals surface area contributed by atoms with Gasteiger partial charge in [-0.2, -0.15) is 0 Å². The van der Waals surface area contributed by atoms with Crippen molar-refractivity contribution in [3.05, 3.63) is 75.8 Å². The van der Waals surface area contributed by atoms with Crippen molar-refractivity contribution in [2.75, 3.05) is 18.9 Å². The summed E-state index contributed by atoms with van der Waals surface area (Å²) in [5, 5.41) is 11.0. The molecular formula is C19H24N2O5S. The highest BCUT2D eigenvalue weighted by atomic mass is 32.2. The van der Waals surface area contributed by atoms with Crippen LogP contribution in [0.4, 0.5) is 5.69 Å². The highest BCUT2D eigenvalue weighted by Crippen LogP contribution is 2.18. The number of para-hydroxylation sites is 1. The van der Waals surface area contributed by atoms with E-state index < -0.39 is 14.9 Å². The third kappa shape index (κ3) is 7.09. The van der Waals surface area contributed by atoms with Crippen molar-refractivity contribution in [2.45, 2.75) is 25.9 Å². The minimum Gasteiger partial charge on any atom is -0.374 e. The molecular weight excluding hydrogens is 368 g/mol. The first-order chi connectivity index (χ1) is 12.9. The number of nitro groups is 1. The van der Waals surface area contributed by atoms with Crippen molar-refractivity contribution < 1.29 is 18.1 Å². The number of hydrogen-bond acceptors (Lipinski definition) is 5. The molecule has 0 amide bonds. The molecule has 8 heteroatoms. The predicted octanol–water partition coefficient (Wildman–Crippen LogP) is 3.22. The van der Waals surface area contributed by atoms with Crippen LogP contribution in [0.3, 0.4) is 0 Å². The quantitative estimate of drug-likeness (QED) is 0.360.